The molecule has 0 unspecified atom stereocenters. The molecule has 1 aromatic rings. The molecule has 1 atom stereocenters. The van der Waals surface area contributed by atoms with E-state index in [2.05, 4.69) is 17.6 Å². The van der Waals surface area contributed by atoms with E-state index < -0.39 is 9.96 Å². The number of anilines is 1. The zero-order valence-corrected chi connectivity index (χ0v) is 15.4. The van der Waals surface area contributed by atoms with E-state index in [9.17, 15) is 4.79 Å². The third-order valence-electron chi connectivity index (χ3n) is 3.33. The lowest BCUT2D eigenvalue weighted by Gasteiger charge is -2.28. The van der Waals surface area contributed by atoms with Crippen LogP contribution in [0.25, 0.3) is 0 Å². The number of unbranched alkanes of at least 4 members (excludes halogenated alkanes) is 2. The second kappa shape index (κ2) is 8.85. The number of hydrogen-bond donors (Lipinski definition) is 2. The fourth-order valence-corrected chi connectivity index (χ4v) is 2.34. The van der Waals surface area contributed by atoms with Gasteiger partial charge < -0.3 is 10.6 Å². The molecule has 0 heterocycles. The van der Waals surface area contributed by atoms with Gasteiger partial charge in [0.2, 0.25) is 9.70 Å². The van der Waals surface area contributed by atoms with Crippen LogP contribution < -0.4 is 10.6 Å². The van der Waals surface area contributed by atoms with E-state index >= 15 is 0 Å². The molecule has 0 fully saturated rings. The molecule has 0 aliphatic rings. The Morgan fingerprint density at radius 1 is 1.23 bits per heavy atom. The molecule has 0 bridgehead atoms. The second-order valence-electron chi connectivity index (χ2n) is 5.46. The first-order valence-corrected chi connectivity index (χ1v) is 8.57. The number of hydrogen-bond acceptors (Lipinski definition) is 2. The highest BCUT2D eigenvalue weighted by Gasteiger charge is 2.34. The van der Waals surface area contributed by atoms with Crippen LogP contribution in [0.5, 0.6) is 0 Å². The zero-order valence-electron chi connectivity index (χ0n) is 13.2. The number of aryl methyl sites for hydroxylation is 2. The van der Waals surface area contributed by atoms with E-state index in [0.717, 1.165) is 36.1 Å². The van der Waals surface area contributed by atoms with Crippen molar-refractivity contribution < 1.29 is 4.79 Å². The highest BCUT2D eigenvalue weighted by atomic mass is 35.6. The van der Waals surface area contributed by atoms with Crippen LogP contribution in [0.2, 0.25) is 0 Å². The summed E-state index contributed by atoms with van der Waals surface area (Å²) in [5, 5.41) is 5.89. The van der Waals surface area contributed by atoms with E-state index in [1.54, 1.807) is 0 Å². The lowest BCUT2D eigenvalue weighted by molar-refractivity contribution is -0.121. The number of alkyl halides is 3. The molecule has 1 aromatic carbocycles. The van der Waals surface area contributed by atoms with Crippen molar-refractivity contribution in [2.45, 2.75) is 56.4 Å². The molecule has 0 saturated carbocycles. The number of carbonyl (C=O) groups excluding carboxylic acids is 1. The number of amides is 1. The van der Waals surface area contributed by atoms with Gasteiger partial charge in [-0.2, -0.15) is 0 Å². The van der Waals surface area contributed by atoms with E-state index in [-0.39, 0.29) is 5.91 Å². The summed E-state index contributed by atoms with van der Waals surface area (Å²) in [6, 6.07) is 5.95. The molecule has 1 amide bonds. The second-order valence-corrected chi connectivity index (χ2v) is 7.83. The van der Waals surface area contributed by atoms with Crippen molar-refractivity contribution in [2.24, 2.45) is 0 Å². The normalized spacial score (nSPS) is 12.8. The van der Waals surface area contributed by atoms with Crippen LogP contribution in [-0.2, 0) is 4.79 Å². The fraction of sp³-hybridized carbons (Fsp3) is 0.562. The van der Waals surface area contributed by atoms with Crippen molar-refractivity contribution >= 4 is 46.4 Å². The van der Waals surface area contributed by atoms with Crippen LogP contribution in [0.3, 0.4) is 0 Å². The van der Waals surface area contributed by atoms with E-state index in [1.165, 1.54) is 0 Å². The summed E-state index contributed by atoms with van der Waals surface area (Å²) >= 11 is 18.0. The first-order chi connectivity index (χ1) is 10.2. The maximum absolute atomic E-state index is 12.0. The third-order valence-corrected chi connectivity index (χ3v) is 3.99. The maximum atomic E-state index is 12.0. The Morgan fingerprint density at radius 2 is 1.91 bits per heavy atom. The number of carbonyl (C=O) groups is 1. The molecule has 124 valence electrons. The van der Waals surface area contributed by atoms with Crippen molar-refractivity contribution in [1.82, 2.24) is 5.32 Å². The van der Waals surface area contributed by atoms with Gasteiger partial charge in [-0.3, -0.25) is 4.79 Å². The summed E-state index contributed by atoms with van der Waals surface area (Å²) in [6.07, 6.45) is 2.54. The Balaban J connectivity index is 2.77. The van der Waals surface area contributed by atoms with Crippen molar-refractivity contribution in [1.29, 1.82) is 0 Å². The summed E-state index contributed by atoms with van der Waals surface area (Å²) in [5.74, 6) is -0.123. The first-order valence-electron chi connectivity index (χ1n) is 7.44. The third kappa shape index (κ3) is 6.64. The van der Waals surface area contributed by atoms with Crippen molar-refractivity contribution in [2.75, 3.05) is 5.32 Å². The van der Waals surface area contributed by atoms with E-state index in [4.69, 9.17) is 34.8 Å². The molecule has 3 nitrogen and oxygen atoms in total. The van der Waals surface area contributed by atoms with E-state index in [0.29, 0.717) is 6.42 Å². The van der Waals surface area contributed by atoms with Crippen LogP contribution in [0.1, 0.15) is 43.7 Å². The van der Waals surface area contributed by atoms with Gasteiger partial charge in [0.25, 0.3) is 0 Å². The van der Waals surface area contributed by atoms with Gasteiger partial charge in [0, 0.05) is 12.1 Å². The fourth-order valence-electron chi connectivity index (χ4n) is 2.02. The molecule has 0 aliphatic heterocycles. The number of benzene rings is 1. The Hall–Kier alpha value is -0.640. The molecule has 22 heavy (non-hydrogen) atoms. The Bertz CT molecular complexity index is 501. The van der Waals surface area contributed by atoms with Crippen LogP contribution in [0.15, 0.2) is 18.2 Å². The predicted molar refractivity (Wildman–Crippen MR) is 95.9 cm³/mol. The van der Waals surface area contributed by atoms with Crippen LogP contribution in [-0.4, -0.2) is 15.9 Å². The van der Waals surface area contributed by atoms with Gasteiger partial charge in [-0.05, 0) is 37.5 Å². The summed E-state index contributed by atoms with van der Waals surface area (Å²) in [7, 11) is 0. The van der Waals surface area contributed by atoms with Crippen molar-refractivity contribution in [3.05, 3.63) is 29.3 Å². The van der Waals surface area contributed by atoms with Crippen molar-refractivity contribution in [3.8, 4) is 0 Å². The Labute approximate surface area is 147 Å². The molecule has 0 aromatic heterocycles. The maximum Gasteiger partial charge on any atom is 0.228 e. The number of rotatable bonds is 7. The standard InChI is InChI=1S/C16H23Cl3N2O/c1-4-5-6-7-14(22)21-15(16(17,18)19)20-13-10-11(2)8-9-12(13)3/h8-10,15,20H,4-7H2,1-3H3,(H,21,22)/t15-/m1/s1. The number of nitrogens with one attached hydrogen (secondary N) is 2. The van der Waals surface area contributed by atoms with Gasteiger partial charge >= 0.3 is 0 Å². The minimum atomic E-state index is -1.64. The Kier molecular flexibility index (Phi) is 7.81. The first kappa shape index (κ1) is 19.4. The largest absolute Gasteiger partial charge is 0.362 e. The lowest BCUT2D eigenvalue weighted by Crippen LogP contribution is -2.49. The topological polar surface area (TPSA) is 41.1 Å². The minimum absolute atomic E-state index is 0.123. The zero-order chi connectivity index (χ0) is 16.8. The molecular weight excluding hydrogens is 343 g/mol. The molecule has 6 heteroatoms. The SMILES string of the molecule is CCCCCC(=O)N[C@@H](Nc1cc(C)ccc1C)C(Cl)(Cl)Cl. The number of halogens is 3. The average Bonchev–Trinajstić information content (AvgIpc) is 2.41. The van der Waals surface area contributed by atoms with E-state index in [1.807, 2.05) is 32.0 Å². The molecule has 0 radical (unpaired) electrons. The monoisotopic (exact) mass is 364 g/mol. The van der Waals surface area contributed by atoms with Gasteiger partial charge in [-0.25, -0.2) is 0 Å². The average molecular weight is 366 g/mol. The molecule has 0 saturated heterocycles. The summed E-state index contributed by atoms with van der Waals surface area (Å²) < 4.78 is -1.64. The molecule has 0 aliphatic carbocycles. The van der Waals surface area contributed by atoms with Gasteiger partial charge in [0.05, 0.1) is 0 Å². The van der Waals surface area contributed by atoms with Crippen LogP contribution >= 0.6 is 34.8 Å². The highest BCUT2D eigenvalue weighted by molar-refractivity contribution is 6.68. The minimum Gasteiger partial charge on any atom is -0.362 e. The molecule has 1 rings (SSSR count). The summed E-state index contributed by atoms with van der Waals surface area (Å²) in [6.45, 7) is 6.03. The molecule has 0 spiro atoms. The molecular formula is C16H23Cl3N2O. The molecule has 2 N–H and O–H groups in total. The van der Waals surface area contributed by atoms with Gasteiger partial charge in [0.15, 0.2) is 0 Å². The quantitative estimate of drug-likeness (QED) is 0.400. The van der Waals surface area contributed by atoms with Crippen LogP contribution in [0, 0.1) is 13.8 Å². The predicted octanol–water partition coefficient (Wildman–Crippen LogP) is 5.11. The Morgan fingerprint density at radius 3 is 2.50 bits per heavy atom. The lowest BCUT2D eigenvalue weighted by atomic mass is 10.1. The van der Waals surface area contributed by atoms with Gasteiger partial charge in [-0.1, -0.05) is 66.7 Å². The van der Waals surface area contributed by atoms with Crippen LogP contribution in [0.4, 0.5) is 5.69 Å². The smallest absolute Gasteiger partial charge is 0.228 e. The summed E-state index contributed by atoms with van der Waals surface area (Å²) in [5.41, 5.74) is 2.95. The van der Waals surface area contributed by atoms with Crippen molar-refractivity contribution in [3.63, 3.8) is 0 Å². The van der Waals surface area contributed by atoms with Gasteiger partial charge in [-0.15, -0.1) is 0 Å². The summed E-state index contributed by atoms with van der Waals surface area (Å²) in [4.78, 5) is 12.0. The highest BCUT2D eigenvalue weighted by Crippen LogP contribution is 2.32. The van der Waals surface area contributed by atoms with Gasteiger partial charge in [0.1, 0.15) is 6.17 Å².